The lowest BCUT2D eigenvalue weighted by atomic mass is 10.1. The van der Waals surface area contributed by atoms with E-state index in [2.05, 4.69) is 10.4 Å². The largest absolute Gasteiger partial charge is 0.435 e. The molecule has 0 saturated carbocycles. The zero-order valence-corrected chi connectivity index (χ0v) is 16.4. The molecule has 3 aromatic rings. The van der Waals surface area contributed by atoms with Crippen LogP contribution in [0.3, 0.4) is 0 Å². The van der Waals surface area contributed by atoms with Crippen molar-refractivity contribution in [3.8, 4) is 5.69 Å². The number of hydrogen-bond donors (Lipinski definition) is 1. The summed E-state index contributed by atoms with van der Waals surface area (Å²) in [6.07, 6.45) is -0.602. The van der Waals surface area contributed by atoms with Gasteiger partial charge in [-0.05, 0) is 49.7 Å². The Morgan fingerprint density at radius 3 is 2.31 bits per heavy atom. The molecule has 0 aliphatic heterocycles. The van der Waals surface area contributed by atoms with Gasteiger partial charge in [-0.25, -0.2) is 0 Å². The van der Waals surface area contributed by atoms with Crippen LogP contribution in [0.4, 0.5) is 13.2 Å². The van der Waals surface area contributed by atoms with Gasteiger partial charge in [-0.15, -0.1) is 0 Å². The average molecular weight is 404 g/mol. The van der Waals surface area contributed by atoms with E-state index < -0.39 is 17.8 Å². The average Bonchev–Trinajstić information content (AvgIpc) is 3.32. The lowest BCUT2D eigenvalue weighted by Gasteiger charge is -2.19. The van der Waals surface area contributed by atoms with Gasteiger partial charge in [0.2, 0.25) is 5.91 Å². The SMILES string of the molecule is Cc1cc(C(F)(F)F)nn1CC(C)C(=O)NC(C)c1ccc(-n2cccc2)cc1. The number of aromatic nitrogens is 3. The van der Waals surface area contributed by atoms with Crippen molar-refractivity contribution < 1.29 is 18.0 Å². The fourth-order valence-electron chi connectivity index (χ4n) is 3.06. The summed E-state index contributed by atoms with van der Waals surface area (Å²) in [5.74, 6) is -0.772. The number of carbonyl (C=O) groups excluding carboxylic acids is 1. The maximum atomic E-state index is 12.8. The van der Waals surface area contributed by atoms with Gasteiger partial charge in [-0.3, -0.25) is 9.48 Å². The first-order valence-electron chi connectivity index (χ1n) is 9.30. The fourth-order valence-corrected chi connectivity index (χ4v) is 3.06. The number of halogens is 3. The zero-order chi connectivity index (χ0) is 21.2. The summed E-state index contributed by atoms with van der Waals surface area (Å²) in [5, 5.41) is 6.50. The minimum Gasteiger partial charge on any atom is -0.349 e. The number of rotatable bonds is 6. The van der Waals surface area contributed by atoms with Gasteiger partial charge in [0.05, 0.1) is 18.5 Å². The molecule has 8 heteroatoms. The van der Waals surface area contributed by atoms with Crippen LogP contribution in [0, 0.1) is 12.8 Å². The van der Waals surface area contributed by atoms with Crippen LogP contribution in [0.1, 0.15) is 36.8 Å². The van der Waals surface area contributed by atoms with Crippen molar-refractivity contribution in [2.75, 3.05) is 0 Å². The van der Waals surface area contributed by atoms with E-state index in [4.69, 9.17) is 0 Å². The Hall–Kier alpha value is -3.03. The molecule has 0 aliphatic rings. The molecule has 2 heterocycles. The Balaban J connectivity index is 1.61. The highest BCUT2D eigenvalue weighted by Crippen LogP contribution is 2.28. The smallest absolute Gasteiger partial charge is 0.349 e. The molecular formula is C21H23F3N4O. The van der Waals surface area contributed by atoms with Gasteiger partial charge in [-0.1, -0.05) is 19.1 Å². The highest BCUT2D eigenvalue weighted by molar-refractivity contribution is 5.78. The molecule has 29 heavy (non-hydrogen) atoms. The lowest BCUT2D eigenvalue weighted by molar-refractivity contribution is -0.141. The number of hydrogen-bond acceptors (Lipinski definition) is 2. The minimum absolute atomic E-state index is 0.0764. The first-order chi connectivity index (χ1) is 13.6. The van der Waals surface area contributed by atoms with E-state index in [1.165, 1.54) is 4.68 Å². The molecule has 1 aromatic carbocycles. The van der Waals surface area contributed by atoms with E-state index >= 15 is 0 Å². The number of nitrogens with zero attached hydrogens (tertiary/aromatic N) is 3. The molecule has 0 aliphatic carbocycles. The second kappa shape index (κ2) is 8.14. The second-order valence-corrected chi connectivity index (χ2v) is 7.16. The summed E-state index contributed by atoms with van der Waals surface area (Å²) in [4.78, 5) is 12.5. The van der Waals surface area contributed by atoms with Gasteiger partial charge in [0.15, 0.2) is 5.69 Å². The molecule has 1 N–H and O–H groups in total. The number of alkyl halides is 3. The van der Waals surface area contributed by atoms with Crippen molar-refractivity contribution in [2.45, 2.75) is 39.5 Å². The van der Waals surface area contributed by atoms with Gasteiger partial charge in [-0.2, -0.15) is 18.3 Å². The second-order valence-electron chi connectivity index (χ2n) is 7.16. The zero-order valence-electron chi connectivity index (χ0n) is 16.4. The Labute approximate surface area is 167 Å². The van der Waals surface area contributed by atoms with E-state index in [-0.39, 0.29) is 18.5 Å². The molecule has 2 atom stereocenters. The van der Waals surface area contributed by atoms with E-state index in [9.17, 15) is 18.0 Å². The summed E-state index contributed by atoms with van der Waals surface area (Å²) in [7, 11) is 0. The fraction of sp³-hybridized carbons (Fsp3) is 0.333. The number of benzene rings is 1. The molecule has 0 saturated heterocycles. The third kappa shape index (κ3) is 4.88. The van der Waals surface area contributed by atoms with E-state index in [0.29, 0.717) is 5.69 Å². The number of nitrogens with one attached hydrogen (secondary N) is 1. The van der Waals surface area contributed by atoms with Crippen LogP contribution >= 0.6 is 0 Å². The highest BCUT2D eigenvalue weighted by Gasteiger charge is 2.34. The molecule has 0 bridgehead atoms. The molecular weight excluding hydrogens is 381 g/mol. The molecule has 2 unspecified atom stereocenters. The lowest BCUT2D eigenvalue weighted by Crippen LogP contribution is -2.33. The molecule has 3 rings (SSSR count). The standard InChI is InChI=1S/C21H23F3N4O/c1-14(13-28-15(2)12-19(26-28)21(22,23)24)20(29)25-16(3)17-6-8-18(9-7-17)27-10-4-5-11-27/h4-12,14,16H,13H2,1-3H3,(H,25,29). The van der Waals surface area contributed by atoms with E-state index in [0.717, 1.165) is 17.3 Å². The Bertz CT molecular complexity index is 959. The Morgan fingerprint density at radius 2 is 1.76 bits per heavy atom. The molecule has 5 nitrogen and oxygen atoms in total. The predicted molar refractivity (Wildman–Crippen MR) is 103 cm³/mol. The Morgan fingerprint density at radius 1 is 1.14 bits per heavy atom. The van der Waals surface area contributed by atoms with E-state index in [1.54, 1.807) is 13.8 Å². The van der Waals surface area contributed by atoms with Crippen LogP contribution < -0.4 is 5.32 Å². The third-order valence-corrected chi connectivity index (χ3v) is 4.82. The summed E-state index contributed by atoms with van der Waals surface area (Å²) >= 11 is 0. The quantitative estimate of drug-likeness (QED) is 0.657. The van der Waals surface area contributed by atoms with Crippen molar-refractivity contribution in [1.82, 2.24) is 19.7 Å². The molecule has 0 radical (unpaired) electrons. The molecule has 154 valence electrons. The van der Waals surface area contributed by atoms with Gasteiger partial charge < -0.3 is 9.88 Å². The van der Waals surface area contributed by atoms with Crippen LogP contribution in [0.5, 0.6) is 0 Å². The molecule has 1 amide bonds. The minimum atomic E-state index is -4.50. The van der Waals surface area contributed by atoms with Crippen LogP contribution in [-0.4, -0.2) is 20.3 Å². The monoisotopic (exact) mass is 404 g/mol. The van der Waals surface area contributed by atoms with Gasteiger partial charge >= 0.3 is 6.18 Å². The molecule has 0 spiro atoms. The molecule has 0 fully saturated rings. The van der Waals surface area contributed by atoms with Crippen molar-refractivity contribution in [1.29, 1.82) is 0 Å². The normalized spacial score (nSPS) is 13.9. The third-order valence-electron chi connectivity index (χ3n) is 4.82. The summed E-state index contributed by atoms with van der Waals surface area (Å²) < 4.78 is 41.6. The summed E-state index contributed by atoms with van der Waals surface area (Å²) in [6.45, 7) is 5.16. The highest BCUT2D eigenvalue weighted by atomic mass is 19.4. The molecule has 2 aromatic heterocycles. The maximum Gasteiger partial charge on any atom is 0.435 e. The van der Waals surface area contributed by atoms with Crippen molar-refractivity contribution >= 4 is 5.91 Å². The predicted octanol–water partition coefficient (Wildman–Crippen LogP) is 4.51. The number of aryl methyl sites for hydroxylation is 1. The maximum absolute atomic E-state index is 12.8. The first kappa shape index (κ1) is 20.7. The number of carbonyl (C=O) groups is 1. The Kier molecular flexibility index (Phi) is 5.81. The van der Waals surface area contributed by atoms with Crippen LogP contribution in [0.25, 0.3) is 5.69 Å². The van der Waals surface area contributed by atoms with Crippen LogP contribution in [-0.2, 0) is 17.5 Å². The van der Waals surface area contributed by atoms with E-state index in [1.807, 2.05) is 60.3 Å². The summed E-state index contributed by atoms with van der Waals surface area (Å²) in [5.41, 5.74) is 1.38. The van der Waals surface area contributed by atoms with Crippen molar-refractivity contribution in [2.24, 2.45) is 5.92 Å². The van der Waals surface area contributed by atoms with Crippen molar-refractivity contribution in [3.05, 3.63) is 71.8 Å². The summed E-state index contributed by atoms with van der Waals surface area (Å²) in [6, 6.07) is 12.5. The van der Waals surface area contributed by atoms with Crippen LogP contribution in [0.2, 0.25) is 0 Å². The first-order valence-corrected chi connectivity index (χ1v) is 9.30. The van der Waals surface area contributed by atoms with Gasteiger partial charge in [0, 0.05) is 23.8 Å². The number of amides is 1. The van der Waals surface area contributed by atoms with Gasteiger partial charge in [0.25, 0.3) is 0 Å². The topological polar surface area (TPSA) is 51.9 Å². The van der Waals surface area contributed by atoms with Crippen LogP contribution in [0.15, 0.2) is 54.9 Å². The van der Waals surface area contributed by atoms with Crippen molar-refractivity contribution in [3.63, 3.8) is 0 Å². The van der Waals surface area contributed by atoms with Gasteiger partial charge in [0.1, 0.15) is 0 Å².